The number of nitrogens with one attached hydrogen (secondary N) is 1. The second kappa shape index (κ2) is 9.82. The van der Waals surface area contributed by atoms with Gasteiger partial charge in [-0.2, -0.15) is 13.8 Å². The third-order valence-electron chi connectivity index (χ3n) is 4.82. The number of nitrogens with zero attached hydrogens (tertiary/aromatic N) is 3. The van der Waals surface area contributed by atoms with Crippen molar-refractivity contribution in [3.63, 3.8) is 0 Å². The van der Waals surface area contributed by atoms with E-state index in [9.17, 15) is 23.1 Å². The van der Waals surface area contributed by atoms with Crippen LogP contribution in [0.3, 0.4) is 0 Å². The number of rotatable bonds is 9. The van der Waals surface area contributed by atoms with E-state index >= 15 is 0 Å². The molecule has 2 aromatic rings. The molecule has 1 saturated heterocycles. The van der Waals surface area contributed by atoms with Gasteiger partial charge in [0.05, 0.1) is 18.3 Å². The quantitative estimate of drug-likeness (QED) is 0.611. The second-order valence-corrected chi connectivity index (χ2v) is 7.05. The van der Waals surface area contributed by atoms with Gasteiger partial charge in [-0.15, -0.1) is 0 Å². The van der Waals surface area contributed by atoms with Crippen LogP contribution >= 0.6 is 0 Å². The van der Waals surface area contributed by atoms with Crippen molar-refractivity contribution in [1.82, 2.24) is 9.97 Å². The molecule has 2 heterocycles. The predicted molar refractivity (Wildman–Crippen MR) is 106 cm³/mol. The molecule has 1 fully saturated rings. The smallest absolute Gasteiger partial charge is 0.416 e. The van der Waals surface area contributed by atoms with Crippen LogP contribution in [0.25, 0.3) is 0 Å². The van der Waals surface area contributed by atoms with Crippen molar-refractivity contribution in [3.8, 4) is 5.75 Å². The number of amides is 1. The van der Waals surface area contributed by atoms with Crippen LogP contribution in [0, 0.1) is 5.82 Å². The first-order valence-corrected chi connectivity index (χ1v) is 9.78. The van der Waals surface area contributed by atoms with Crippen LogP contribution in [0.4, 0.5) is 29.7 Å². The summed E-state index contributed by atoms with van der Waals surface area (Å²) in [6.07, 6.45) is 0.268. The summed E-state index contributed by atoms with van der Waals surface area (Å²) < 4.78 is 48.8. The number of benzene rings is 1. The first-order valence-electron chi connectivity index (χ1n) is 9.78. The van der Waals surface area contributed by atoms with Crippen LogP contribution in [-0.4, -0.2) is 46.5 Å². The van der Waals surface area contributed by atoms with Crippen molar-refractivity contribution >= 4 is 17.9 Å². The van der Waals surface area contributed by atoms with E-state index in [0.717, 1.165) is 11.1 Å². The lowest BCUT2D eigenvalue weighted by molar-refractivity contribution is -0.0498. The largest absolute Gasteiger partial charge is 0.447 e. The molecule has 11 heteroatoms. The van der Waals surface area contributed by atoms with Crippen molar-refractivity contribution in [2.45, 2.75) is 51.5 Å². The Hall–Kier alpha value is -3.08. The summed E-state index contributed by atoms with van der Waals surface area (Å²) in [5.74, 6) is -1.16. The lowest BCUT2D eigenvalue weighted by Gasteiger charge is -2.25. The fraction of sp³-hybridized carbons (Fsp3) is 0.450. The number of aliphatic hydroxyl groups excluding tert-OH is 1. The van der Waals surface area contributed by atoms with Gasteiger partial charge in [-0.05, 0) is 31.0 Å². The third kappa shape index (κ3) is 5.35. The predicted octanol–water partition coefficient (Wildman–Crippen LogP) is 3.88. The van der Waals surface area contributed by atoms with Crippen LogP contribution in [0.1, 0.15) is 38.3 Å². The third-order valence-corrected chi connectivity index (χ3v) is 4.82. The van der Waals surface area contributed by atoms with E-state index in [1.165, 1.54) is 12.1 Å². The SMILES string of the molecule is CCC[C@@H](O)[C@H]1COC(=O)N1c1nc(N[C@@H](C)c2cccc(OC(F)F)c2)ncc1F. The number of anilines is 2. The van der Waals surface area contributed by atoms with Gasteiger partial charge in [0, 0.05) is 0 Å². The molecule has 1 aromatic carbocycles. The number of aliphatic hydroxyl groups is 1. The number of aromatic nitrogens is 2. The fourth-order valence-electron chi connectivity index (χ4n) is 3.28. The highest BCUT2D eigenvalue weighted by atomic mass is 19.3. The van der Waals surface area contributed by atoms with Gasteiger partial charge in [0.15, 0.2) is 11.6 Å². The Kier molecular flexibility index (Phi) is 7.16. The number of carbonyl (C=O) groups is 1. The van der Waals surface area contributed by atoms with Crippen molar-refractivity contribution in [2.24, 2.45) is 0 Å². The molecule has 3 rings (SSSR count). The first-order chi connectivity index (χ1) is 14.8. The van der Waals surface area contributed by atoms with Gasteiger partial charge in [0.25, 0.3) is 0 Å². The Labute approximate surface area is 177 Å². The zero-order valence-corrected chi connectivity index (χ0v) is 17.0. The number of hydrogen-bond acceptors (Lipinski definition) is 7. The Morgan fingerprint density at radius 1 is 1.42 bits per heavy atom. The van der Waals surface area contributed by atoms with Crippen LogP contribution in [0.2, 0.25) is 0 Å². The maximum atomic E-state index is 14.5. The van der Waals surface area contributed by atoms with E-state index in [0.29, 0.717) is 18.4 Å². The number of cyclic esters (lactones) is 1. The maximum absolute atomic E-state index is 14.5. The molecule has 1 aliphatic heterocycles. The minimum atomic E-state index is -2.95. The highest BCUT2D eigenvalue weighted by Crippen LogP contribution is 2.29. The maximum Gasteiger partial charge on any atom is 0.416 e. The Bertz CT molecular complexity index is 918. The fourth-order valence-corrected chi connectivity index (χ4v) is 3.28. The van der Waals surface area contributed by atoms with E-state index in [1.807, 2.05) is 6.92 Å². The molecule has 1 amide bonds. The average molecular weight is 440 g/mol. The van der Waals surface area contributed by atoms with Crippen LogP contribution in [0.5, 0.6) is 5.75 Å². The topological polar surface area (TPSA) is 96.8 Å². The van der Waals surface area contributed by atoms with E-state index < -0.39 is 36.7 Å². The minimum Gasteiger partial charge on any atom is -0.447 e. The van der Waals surface area contributed by atoms with Crippen LogP contribution < -0.4 is 15.0 Å². The highest BCUT2D eigenvalue weighted by molar-refractivity contribution is 5.89. The summed E-state index contributed by atoms with van der Waals surface area (Å²) in [7, 11) is 0. The van der Waals surface area contributed by atoms with Gasteiger partial charge in [0.2, 0.25) is 5.95 Å². The molecule has 168 valence electrons. The van der Waals surface area contributed by atoms with E-state index in [2.05, 4.69) is 20.0 Å². The molecule has 31 heavy (non-hydrogen) atoms. The monoisotopic (exact) mass is 440 g/mol. The molecular weight excluding hydrogens is 417 g/mol. The molecule has 0 unspecified atom stereocenters. The minimum absolute atomic E-state index is 0.00516. The van der Waals surface area contributed by atoms with E-state index in [4.69, 9.17) is 4.74 Å². The van der Waals surface area contributed by atoms with Crippen molar-refractivity contribution < 1.29 is 32.5 Å². The van der Waals surface area contributed by atoms with Crippen LogP contribution in [0.15, 0.2) is 30.5 Å². The van der Waals surface area contributed by atoms with Gasteiger partial charge in [0.1, 0.15) is 18.4 Å². The molecule has 3 atom stereocenters. The average Bonchev–Trinajstić information content (AvgIpc) is 3.10. The Balaban J connectivity index is 1.81. The molecular formula is C20H23F3N4O4. The molecule has 0 aliphatic carbocycles. The van der Waals surface area contributed by atoms with Crippen molar-refractivity contribution in [1.29, 1.82) is 0 Å². The normalized spacial score (nSPS) is 18.1. The zero-order valence-electron chi connectivity index (χ0n) is 17.0. The summed E-state index contributed by atoms with van der Waals surface area (Å²) in [6, 6.07) is 4.85. The highest BCUT2D eigenvalue weighted by Gasteiger charge is 2.41. The standard InChI is InChI=1S/C20H23F3N4O4/c1-3-5-16(28)15-10-30-20(29)27(15)17-14(21)9-24-19(26-17)25-11(2)12-6-4-7-13(8-12)31-18(22)23/h4,6-9,11,15-16,18,28H,3,5,10H2,1-2H3,(H,24,25,26)/t11-,15+,16+/m0/s1. The van der Waals surface area contributed by atoms with Gasteiger partial charge < -0.3 is 19.9 Å². The molecule has 0 spiro atoms. The summed E-state index contributed by atoms with van der Waals surface area (Å²) in [4.78, 5) is 21.2. The first kappa shape index (κ1) is 22.6. The Morgan fingerprint density at radius 3 is 2.90 bits per heavy atom. The summed E-state index contributed by atoms with van der Waals surface area (Å²) in [6.45, 7) is 0.574. The molecule has 0 bridgehead atoms. The van der Waals surface area contributed by atoms with E-state index in [1.54, 1.807) is 19.1 Å². The molecule has 1 aliphatic rings. The van der Waals surface area contributed by atoms with Crippen molar-refractivity contribution in [2.75, 3.05) is 16.8 Å². The summed E-state index contributed by atoms with van der Waals surface area (Å²) in [5.41, 5.74) is 0.601. The van der Waals surface area contributed by atoms with Crippen molar-refractivity contribution in [3.05, 3.63) is 41.8 Å². The van der Waals surface area contributed by atoms with Gasteiger partial charge in [-0.3, -0.25) is 0 Å². The number of halogens is 3. The molecule has 2 N–H and O–H groups in total. The summed E-state index contributed by atoms with van der Waals surface area (Å²) in [5, 5.41) is 13.3. The van der Waals surface area contributed by atoms with Crippen LogP contribution in [-0.2, 0) is 4.74 Å². The van der Waals surface area contributed by atoms with Gasteiger partial charge in [-0.25, -0.2) is 19.1 Å². The number of carbonyl (C=O) groups excluding carboxylic acids is 1. The van der Waals surface area contributed by atoms with Gasteiger partial charge >= 0.3 is 12.7 Å². The lowest BCUT2D eigenvalue weighted by atomic mass is 10.1. The molecule has 8 nitrogen and oxygen atoms in total. The molecule has 1 aromatic heterocycles. The number of hydrogen-bond donors (Lipinski definition) is 2. The van der Waals surface area contributed by atoms with Gasteiger partial charge in [-0.1, -0.05) is 25.5 Å². The van der Waals surface area contributed by atoms with E-state index in [-0.39, 0.29) is 24.1 Å². The number of ether oxygens (including phenoxy) is 2. The lowest BCUT2D eigenvalue weighted by Crippen LogP contribution is -2.43. The molecule has 0 radical (unpaired) electrons. The zero-order chi connectivity index (χ0) is 22.5. The Morgan fingerprint density at radius 2 is 2.19 bits per heavy atom. The number of alkyl halides is 2. The summed E-state index contributed by atoms with van der Waals surface area (Å²) >= 11 is 0. The molecule has 0 saturated carbocycles. The second-order valence-electron chi connectivity index (χ2n) is 7.05.